The molecule has 0 atom stereocenters. The molecule has 1 amide bonds. The first-order valence-electron chi connectivity index (χ1n) is 8.39. The van der Waals surface area contributed by atoms with Crippen LogP contribution in [-0.2, 0) is 0 Å². The molecule has 0 spiro atoms. The fourth-order valence-electron chi connectivity index (χ4n) is 2.68. The molecule has 0 aromatic heterocycles. The second kappa shape index (κ2) is 8.58. The van der Waals surface area contributed by atoms with Crippen molar-refractivity contribution >= 4 is 35.2 Å². The SMILES string of the molecule is C/C(=N\NC(=O)c1cccc(SN2CCCC2)c1)c1cc(Cl)ccc1O. The number of phenols is 1. The van der Waals surface area contributed by atoms with E-state index >= 15 is 0 Å². The van der Waals surface area contributed by atoms with Gasteiger partial charge in [0.1, 0.15) is 5.75 Å². The van der Waals surface area contributed by atoms with Crippen LogP contribution >= 0.6 is 23.5 Å². The lowest BCUT2D eigenvalue weighted by molar-refractivity contribution is 0.0954. The highest BCUT2D eigenvalue weighted by Gasteiger charge is 2.14. The maximum atomic E-state index is 12.4. The van der Waals surface area contributed by atoms with Crippen molar-refractivity contribution in [2.24, 2.45) is 5.10 Å². The zero-order chi connectivity index (χ0) is 18.5. The van der Waals surface area contributed by atoms with Gasteiger partial charge in [-0.2, -0.15) is 5.10 Å². The van der Waals surface area contributed by atoms with Gasteiger partial charge in [-0.15, -0.1) is 0 Å². The molecule has 26 heavy (non-hydrogen) atoms. The van der Waals surface area contributed by atoms with Crippen molar-refractivity contribution in [3.05, 3.63) is 58.6 Å². The molecule has 1 aliphatic heterocycles. The van der Waals surface area contributed by atoms with Crippen LogP contribution in [0.4, 0.5) is 0 Å². The van der Waals surface area contributed by atoms with Crippen molar-refractivity contribution in [1.82, 2.24) is 9.73 Å². The fraction of sp³-hybridized carbons (Fsp3) is 0.263. The van der Waals surface area contributed by atoms with Gasteiger partial charge in [0.15, 0.2) is 0 Å². The van der Waals surface area contributed by atoms with Gasteiger partial charge >= 0.3 is 0 Å². The predicted molar refractivity (Wildman–Crippen MR) is 106 cm³/mol. The minimum absolute atomic E-state index is 0.0638. The smallest absolute Gasteiger partial charge is 0.271 e. The monoisotopic (exact) mass is 389 g/mol. The first-order valence-corrected chi connectivity index (χ1v) is 9.54. The number of hydrazone groups is 1. The molecular formula is C19H20ClN3O2S. The van der Waals surface area contributed by atoms with Gasteiger partial charge in [-0.1, -0.05) is 17.7 Å². The molecule has 0 bridgehead atoms. The van der Waals surface area contributed by atoms with Crippen molar-refractivity contribution in [1.29, 1.82) is 0 Å². The van der Waals surface area contributed by atoms with Crippen molar-refractivity contribution < 1.29 is 9.90 Å². The minimum Gasteiger partial charge on any atom is -0.507 e. The Morgan fingerprint density at radius 2 is 2.00 bits per heavy atom. The maximum Gasteiger partial charge on any atom is 0.271 e. The summed E-state index contributed by atoms with van der Waals surface area (Å²) in [5, 5.41) is 14.5. The second-order valence-electron chi connectivity index (χ2n) is 6.05. The van der Waals surface area contributed by atoms with Crippen molar-refractivity contribution in [2.75, 3.05) is 13.1 Å². The predicted octanol–water partition coefficient (Wildman–Crippen LogP) is 4.30. The van der Waals surface area contributed by atoms with Crippen LogP contribution in [0.25, 0.3) is 0 Å². The van der Waals surface area contributed by atoms with Crippen molar-refractivity contribution in [2.45, 2.75) is 24.7 Å². The topological polar surface area (TPSA) is 64.9 Å². The Labute approximate surface area is 162 Å². The van der Waals surface area contributed by atoms with E-state index in [1.807, 2.05) is 18.2 Å². The summed E-state index contributed by atoms with van der Waals surface area (Å²) in [5.41, 5.74) is 4.03. The molecule has 0 saturated carbocycles. The Kier molecular flexibility index (Phi) is 6.19. The first kappa shape index (κ1) is 18.8. The first-order chi connectivity index (χ1) is 12.5. The van der Waals surface area contributed by atoms with E-state index in [0.29, 0.717) is 21.9 Å². The molecule has 0 aliphatic carbocycles. The maximum absolute atomic E-state index is 12.4. The van der Waals surface area contributed by atoms with E-state index in [-0.39, 0.29) is 11.7 Å². The van der Waals surface area contributed by atoms with Gasteiger partial charge in [0.05, 0.1) is 5.71 Å². The molecule has 2 N–H and O–H groups in total. The number of carbonyl (C=O) groups is 1. The van der Waals surface area contributed by atoms with Gasteiger partial charge in [-0.25, -0.2) is 9.73 Å². The lowest BCUT2D eigenvalue weighted by Crippen LogP contribution is -2.19. The zero-order valence-electron chi connectivity index (χ0n) is 14.4. The number of hydrogen-bond acceptors (Lipinski definition) is 5. The van der Waals surface area contributed by atoms with E-state index in [1.165, 1.54) is 18.9 Å². The van der Waals surface area contributed by atoms with Crippen LogP contribution in [0.3, 0.4) is 0 Å². The normalized spacial score (nSPS) is 15.2. The summed E-state index contributed by atoms with van der Waals surface area (Å²) in [7, 11) is 0. The van der Waals surface area contributed by atoms with E-state index in [0.717, 1.165) is 18.0 Å². The van der Waals surface area contributed by atoms with E-state index in [2.05, 4.69) is 14.8 Å². The third kappa shape index (κ3) is 4.78. The quantitative estimate of drug-likeness (QED) is 0.454. The van der Waals surface area contributed by atoms with Gasteiger partial charge in [-0.3, -0.25) is 4.79 Å². The Morgan fingerprint density at radius 1 is 1.23 bits per heavy atom. The molecule has 2 aromatic rings. The minimum atomic E-state index is -0.297. The standard InChI is InChI=1S/C19H20ClN3O2S/c1-13(17-12-15(20)7-8-18(17)24)21-22-19(25)14-5-4-6-16(11-14)26-23-9-2-3-10-23/h4-8,11-12,24H,2-3,9-10H2,1H3,(H,22,25)/b21-13+. The molecular weight excluding hydrogens is 370 g/mol. The average Bonchev–Trinajstić information content (AvgIpc) is 3.14. The highest BCUT2D eigenvalue weighted by atomic mass is 35.5. The number of rotatable bonds is 5. The zero-order valence-corrected chi connectivity index (χ0v) is 16.0. The molecule has 7 heteroatoms. The number of carbonyl (C=O) groups excluding carboxylic acids is 1. The summed E-state index contributed by atoms with van der Waals surface area (Å²) in [6.07, 6.45) is 2.44. The van der Waals surface area contributed by atoms with Crippen LogP contribution in [0, 0.1) is 0 Å². The van der Waals surface area contributed by atoms with Crippen molar-refractivity contribution in [3.8, 4) is 5.75 Å². The number of phenolic OH excluding ortho intramolecular Hbond substituents is 1. The molecule has 1 fully saturated rings. The van der Waals surface area contributed by atoms with Crippen LogP contribution in [-0.4, -0.2) is 34.1 Å². The number of halogens is 1. The Hall–Kier alpha value is -2.02. The van der Waals surface area contributed by atoms with Crippen LogP contribution in [0.2, 0.25) is 5.02 Å². The number of nitrogens with one attached hydrogen (secondary N) is 1. The van der Waals surface area contributed by atoms with Gasteiger partial charge in [-0.05, 0) is 68.1 Å². The highest BCUT2D eigenvalue weighted by molar-refractivity contribution is 7.97. The largest absolute Gasteiger partial charge is 0.507 e. The third-order valence-corrected chi connectivity index (χ3v) is 5.39. The van der Waals surface area contributed by atoms with E-state index in [9.17, 15) is 9.90 Å². The molecule has 5 nitrogen and oxygen atoms in total. The van der Waals surface area contributed by atoms with Gasteiger partial charge in [0.2, 0.25) is 0 Å². The number of benzene rings is 2. The van der Waals surface area contributed by atoms with Gasteiger partial charge in [0.25, 0.3) is 5.91 Å². The van der Waals surface area contributed by atoms with Crippen LogP contribution in [0.1, 0.15) is 35.7 Å². The number of aromatic hydroxyl groups is 1. The molecule has 3 rings (SSSR count). The van der Waals surface area contributed by atoms with E-state index in [1.54, 1.807) is 37.1 Å². The van der Waals surface area contributed by atoms with Crippen molar-refractivity contribution in [3.63, 3.8) is 0 Å². The summed E-state index contributed by atoms with van der Waals surface area (Å²) in [5.74, 6) is -0.233. The lowest BCUT2D eigenvalue weighted by atomic mass is 10.1. The van der Waals surface area contributed by atoms with E-state index in [4.69, 9.17) is 11.6 Å². The average molecular weight is 390 g/mol. The molecule has 2 aromatic carbocycles. The third-order valence-electron chi connectivity index (χ3n) is 4.07. The molecule has 1 aliphatic rings. The summed E-state index contributed by atoms with van der Waals surface area (Å²) >= 11 is 7.62. The molecule has 1 saturated heterocycles. The Bertz CT molecular complexity index is 835. The Balaban J connectivity index is 1.68. The van der Waals surface area contributed by atoms with E-state index < -0.39 is 0 Å². The molecule has 136 valence electrons. The molecule has 0 unspecified atom stereocenters. The van der Waals surface area contributed by atoms with Crippen LogP contribution in [0.15, 0.2) is 52.5 Å². The Morgan fingerprint density at radius 3 is 2.77 bits per heavy atom. The highest BCUT2D eigenvalue weighted by Crippen LogP contribution is 2.27. The van der Waals surface area contributed by atoms with Gasteiger partial charge in [0, 0.05) is 34.1 Å². The molecule has 0 radical (unpaired) electrons. The van der Waals surface area contributed by atoms with Crippen LogP contribution in [0.5, 0.6) is 5.75 Å². The summed E-state index contributed by atoms with van der Waals surface area (Å²) in [6, 6.07) is 12.2. The number of amides is 1. The van der Waals surface area contributed by atoms with Crippen LogP contribution < -0.4 is 5.43 Å². The van der Waals surface area contributed by atoms with Gasteiger partial charge < -0.3 is 5.11 Å². The second-order valence-corrected chi connectivity index (χ2v) is 7.66. The molecule has 1 heterocycles. The summed E-state index contributed by atoms with van der Waals surface area (Å²) in [4.78, 5) is 13.4. The number of hydrogen-bond donors (Lipinski definition) is 2. The summed E-state index contributed by atoms with van der Waals surface area (Å²) in [6.45, 7) is 3.85. The number of nitrogens with zero attached hydrogens (tertiary/aromatic N) is 2. The fourth-order valence-corrected chi connectivity index (χ4v) is 3.91. The lowest BCUT2D eigenvalue weighted by Gasteiger charge is -2.13. The summed E-state index contributed by atoms with van der Waals surface area (Å²) < 4.78 is 2.31.